The number of hydrogen-bond acceptors (Lipinski definition) is 5. The largest absolute Gasteiger partial charge is 0.495 e. The van der Waals surface area contributed by atoms with Crippen LogP contribution in [0.25, 0.3) is 10.2 Å². The van der Waals surface area contributed by atoms with Gasteiger partial charge in [-0.3, -0.25) is 14.2 Å². The van der Waals surface area contributed by atoms with Crippen LogP contribution >= 0.6 is 22.9 Å². The van der Waals surface area contributed by atoms with Gasteiger partial charge in [0.2, 0.25) is 5.91 Å². The summed E-state index contributed by atoms with van der Waals surface area (Å²) in [5.41, 5.74) is 1.72. The third-order valence-electron chi connectivity index (χ3n) is 3.50. The number of carbonyl (C=O) groups is 1. The van der Waals surface area contributed by atoms with Crippen molar-refractivity contribution in [2.45, 2.75) is 13.5 Å². The molecule has 0 unspecified atom stereocenters. The first-order chi connectivity index (χ1) is 11.5. The van der Waals surface area contributed by atoms with Crippen molar-refractivity contribution in [3.63, 3.8) is 0 Å². The molecule has 6 nitrogen and oxygen atoms in total. The van der Waals surface area contributed by atoms with Gasteiger partial charge >= 0.3 is 0 Å². The minimum Gasteiger partial charge on any atom is -0.495 e. The smallest absolute Gasteiger partial charge is 0.271 e. The molecular weight excluding hydrogens is 350 g/mol. The fourth-order valence-electron chi connectivity index (χ4n) is 2.27. The number of benzene rings is 1. The third kappa shape index (κ3) is 3.13. The summed E-state index contributed by atoms with van der Waals surface area (Å²) in [6, 6.07) is 5.13. The molecule has 0 aliphatic heterocycles. The number of anilines is 1. The first-order valence-corrected chi connectivity index (χ1v) is 8.32. The molecule has 0 aliphatic carbocycles. The first-order valence-electron chi connectivity index (χ1n) is 7.06. The number of nitrogens with zero attached hydrogens (tertiary/aromatic N) is 2. The predicted molar refractivity (Wildman–Crippen MR) is 95.3 cm³/mol. The normalized spacial score (nSPS) is 10.8. The molecule has 0 atom stereocenters. The Balaban J connectivity index is 1.84. The summed E-state index contributed by atoms with van der Waals surface area (Å²) in [6.07, 6.45) is 1.38. The molecule has 2 heterocycles. The van der Waals surface area contributed by atoms with E-state index >= 15 is 0 Å². The quantitative estimate of drug-likeness (QED) is 0.773. The van der Waals surface area contributed by atoms with Crippen molar-refractivity contribution in [2.75, 3.05) is 12.4 Å². The minimum absolute atomic E-state index is 0.134. The predicted octanol–water partition coefficient (Wildman–Crippen LogP) is 3.07. The van der Waals surface area contributed by atoms with Crippen LogP contribution in [0, 0.1) is 6.92 Å². The average molecular weight is 364 g/mol. The number of thiophene rings is 1. The van der Waals surface area contributed by atoms with Crippen molar-refractivity contribution in [3.8, 4) is 5.75 Å². The Labute approximate surface area is 146 Å². The summed E-state index contributed by atoms with van der Waals surface area (Å²) in [4.78, 5) is 28.8. The highest BCUT2D eigenvalue weighted by Crippen LogP contribution is 2.30. The van der Waals surface area contributed by atoms with E-state index < -0.39 is 0 Å². The standard InChI is InChI=1S/C16H14ClN3O3S/c1-9-5-12(13(23-2)6-10(9)17)19-14(21)7-20-8-18-11-3-4-24-15(11)16(20)22/h3-6,8H,7H2,1-2H3,(H,19,21). The zero-order valence-electron chi connectivity index (χ0n) is 13.0. The number of aryl methyl sites for hydroxylation is 1. The van der Waals surface area contributed by atoms with E-state index in [0.29, 0.717) is 26.7 Å². The first kappa shape index (κ1) is 16.5. The third-order valence-corrected chi connectivity index (χ3v) is 4.80. The van der Waals surface area contributed by atoms with Crippen LogP contribution in [0.4, 0.5) is 5.69 Å². The molecule has 0 fully saturated rings. The Bertz CT molecular complexity index is 980. The minimum atomic E-state index is -0.352. The fourth-order valence-corrected chi connectivity index (χ4v) is 3.21. The number of hydrogen-bond donors (Lipinski definition) is 1. The zero-order chi connectivity index (χ0) is 17.3. The number of rotatable bonds is 4. The molecule has 0 aliphatic rings. The molecule has 0 radical (unpaired) electrons. The molecule has 0 spiro atoms. The van der Waals surface area contributed by atoms with E-state index in [4.69, 9.17) is 16.3 Å². The molecule has 124 valence electrons. The highest BCUT2D eigenvalue weighted by molar-refractivity contribution is 7.17. The number of nitrogens with one attached hydrogen (secondary N) is 1. The van der Waals surface area contributed by atoms with Gasteiger partial charge in [0.05, 0.1) is 24.6 Å². The van der Waals surface area contributed by atoms with Gasteiger partial charge in [-0.05, 0) is 30.0 Å². The number of amides is 1. The van der Waals surface area contributed by atoms with Gasteiger partial charge in [0.25, 0.3) is 5.56 Å². The van der Waals surface area contributed by atoms with E-state index in [2.05, 4.69) is 10.3 Å². The van der Waals surface area contributed by atoms with Crippen LogP contribution in [-0.4, -0.2) is 22.6 Å². The van der Waals surface area contributed by atoms with Gasteiger partial charge in [-0.15, -0.1) is 11.3 Å². The van der Waals surface area contributed by atoms with Crippen LogP contribution in [0.3, 0.4) is 0 Å². The van der Waals surface area contributed by atoms with Crippen molar-refractivity contribution in [1.82, 2.24) is 9.55 Å². The lowest BCUT2D eigenvalue weighted by Gasteiger charge is -2.12. The van der Waals surface area contributed by atoms with Gasteiger partial charge in [0.15, 0.2) is 0 Å². The van der Waals surface area contributed by atoms with Crippen molar-refractivity contribution < 1.29 is 9.53 Å². The Morgan fingerprint density at radius 2 is 2.25 bits per heavy atom. The lowest BCUT2D eigenvalue weighted by molar-refractivity contribution is -0.116. The average Bonchev–Trinajstić information content (AvgIpc) is 3.03. The molecular formula is C16H14ClN3O3S. The molecule has 0 saturated heterocycles. The summed E-state index contributed by atoms with van der Waals surface area (Å²) < 4.78 is 7.04. The van der Waals surface area contributed by atoms with Crippen LogP contribution in [0.2, 0.25) is 5.02 Å². The second kappa shape index (κ2) is 6.62. The van der Waals surface area contributed by atoms with Crippen LogP contribution in [-0.2, 0) is 11.3 Å². The number of ether oxygens (including phenoxy) is 1. The topological polar surface area (TPSA) is 73.2 Å². The van der Waals surface area contributed by atoms with E-state index in [0.717, 1.165) is 5.56 Å². The van der Waals surface area contributed by atoms with Crippen LogP contribution < -0.4 is 15.6 Å². The zero-order valence-corrected chi connectivity index (χ0v) is 14.6. The second-order valence-corrected chi connectivity index (χ2v) is 6.49. The van der Waals surface area contributed by atoms with Gasteiger partial charge < -0.3 is 10.1 Å². The molecule has 0 saturated carbocycles. The lowest BCUT2D eigenvalue weighted by Crippen LogP contribution is -2.27. The Kier molecular flexibility index (Phi) is 4.55. The van der Waals surface area contributed by atoms with Crippen molar-refractivity contribution >= 4 is 44.7 Å². The van der Waals surface area contributed by atoms with E-state index in [9.17, 15) is 9.59 Å². The monoisotopic (exact) mass is 363 g/mol. The maximum atomic E-state index is 12.3. The SMILES string of the molecule is COc1cc(Cl)c(C)cc1NC(=O)Cn1cnc2ccsc2c1=O. The van der Waals surface area contributed by atoms with Crippen LogP contribution in [0.15, 0.2) is 34.7 Å². The number of fused-ring (bicyclic) bond motifs is 1. The second-order valence-electron chi connectivity index (χ2n) is 5.16. The summed E-state index contributed by atoms with van der Waals surface area (Å²) >= 11 is 7.36. The molecule has 24 heavy (non-hydrogen) atoms. The molecule has 1 aromatic carbocycles. The molecule has 2 aromatic heterocycles. The van der Waals surface area contributed by atoms with Crippen LogP contribution in [0.5, 0.6) is 5.75 Å². The summed E-state index contributed by atoms with van der Waals surface area (Å²) in [7, 11) is 1.50. The summed E-state index contributed by atoms with van der Waals surface area (Å²) in [6.45, 7) is 1.70. The van der Waals surface area contributed by atoms with E-state index in [-0.39, 0.29) is 18.0 Å². The number of aromatic nitrogens is 2. The molecule has 1 amide bonds. The van der Waals surface area contributed by atoms with E-state index in [1.807, 2.05) is 6.92 Å². The van der Waals surface area contributed by atoms with Crippen molar-refractivity contribution in [3.05, 3.63) is 50.8 Å². The highest BCUT2D eigenvalue weighted by atomic mass is 35.5. The molecule has 3 aromatic rings. The maximum absolute atomic E-state index is 12.3. The van der Waals surface area contributed by atoms with E-state index in [1.165, 1.54) is 29.3 Å². The summed E-state index contributed by atoms with van der Waals surface area (Å²) in [5, 5.41) is 5.09. The molecule has 1 N–H and O–H groups in total. The Morgan fingerprint density at radius 1 is 1.46 bits per heavy atom. The van der Waals surface area contributed by atoms with Gasteiger partial charge in [-0.25, -0.2) is 4.98 Å². The maximum Gasteiger partial charge on any atom is 0.271 e. The Hall–Kier alpha value is -2.38. The number of methoxy groups -OCH3 is 1. The van der Waals surface area contributed by atoms with Crippen LogP contribution in [0.1, 0.15) is 5.56 Å². The highest BCUT2D eigenvalue weighted by Gasteiger charge is 2.13. The fraction of sp³-hybridized carbons (Fsp3) is 0.188. The molecule has 0 bridgehead atoms. The number of carbonyl (C=O) groups excluding carboxylic acids is 1. The summed E-state index contributed by atoms with van der Waals surface area (Å²) in [5.74, 6) is 0.105. The van der Waals surface area contributed by atoms with Gasteiger partial charge in [-0.1, -0.05) is 11.6 Å². The lowest BCUT2D eigenvalue weighted by atomic mass is 10.2. The van der Waals surface area contributed by atoms with Crippen molar-refractivity contribution in [1.29, 1.82) is 0 Å². The van der Waals surface area contributed by atoms with Gasteiger partial charge in [-0.2, -0.15) is 0 Å². The Morgan fingerprint density at radius 3 is 3.00 bits per heavy atom. The molecule has 3 rings (SSSR count). The van der Waals surface area contributed by atoms with Gasteiger partial charge in [0, 0.05) is 11.1 Å². The molecule has 8 heteroatoms. The number of halogens is 1. The van der Waals surface area contributed by atoms with E-state index in [1.54, 1.807) is 23.6 Å². The van der Waals surface area contributed by atoms with Crippen molar-refractivity contribution in [2.24, 2.45) is 0 Å². The van der Waals surface area contributed by atoms with Gasteiger partial charge in [0.1, 0.15) is 17.0 Å².